The van der Waals surface area contributed by atoms with Crippen molar-refractivity contribution in [2.24, 2.45) is 5.92 Å². The molecule has 0 bridgehead atoms. The third kappa shape index (κ3) is 6.96. The van der Waals surface area contributed by atoms with Gasteiger partial charge in [0.15, 0.2) is 0 Å². The largest absolute Gasteiger partial charge is 0.476 e. The lowest BCUT2D eigenvalue weighted by Gasteiger charge is -2.37. The summed E-state index contributed by atoms with van der Waals surface area (Å²) in [6.45, 7) is 11.0. The third-order valence-corrected chi connectivity index (χ3v) is 8.57. The Bertz CT molecular complexity index is 964. The molecule has 12 nitrogen and oxygen atoms in total. The molecule has 3 saturated heterocycles. The molecule has 0 aromatic carbocycles. The zero-order chi connectivity index (χ0) is 25.8. The number of ether oxygens (including phenoxy) is 3. The van der Waals surface area contributed by atoms with E-state index in [2.05, 4.69) is 9.97 Å². The number of piperidine rings is 1. The van der Waals surface area contributed by atoms with E-state index in [-0.39, 0.29) is 6.09 Å². The van der Waals surface area contributed by atoms with Crippen LogP contribution >= 0.6 is 0 Å². The van der Waals surface area contributed by atoms with Crippen molar-refractivity contribution in [1.29, 1.82) is 0 Å². The molecular weight excluding hydrogens is 488 g/mol. The second kappa shape index (κ2) is 11.4. The van der Waals surface area contributed by atoms with Crippen molar-refractivity contribution in [3.8, 4) is 5.88 Å². The second-order valence-corrected chi connectivity index (χ2v) is 12.3. The van der Waals surface area contributed by atoms with Crippen molar-refractivity contribution < 1.29 is 27.4 Å². The Labute approximate surface area is 213 Å². The van der Waals surface area contributed by atoms with Crippen LogP contribution in [0.1, 0.15) is 33.6 Å². The summed E-state index contributed by atoms with van der Waals surface area (Å²) in [7, 11) is -3.46. The van der Waals surface area contributed by atoms with E-state index in [1.165, 1.54) is 8.61 Å². The average Bonchev–Trinajstić information content (AvgIpc) is 2.88. The highest BCUT2D eigenvalue weighted by molar-refractivity contribution is 7.86. The molecule has 4 rings (SSSR count). The standard InChI is InChI=1S/C23H38N6O6S/c1-23(2,3)35-22(30)27-6-4-19(5-7-27)18-34-21-17-24-20(16-25-21)26-8-10-28(11-9-26)36(31,32)29-12-14-33-15-13-29/h16-17,19H,4-15,18H2,1-3H3. The van der Waals surface area contributed by atoms with Crippen LogP contribution in [0.15, 0.2) is 12.4 Å². The molecule has 3 aliphatic heterocycles. The molecule has 1 aromatic rings. The molecule has 0 saturated carbocycles. The number of hydrogen-bond donors (Lipinski definition) is 0. The maximum atomic E-state index is 12.8. The van der Waals surface area contributed by atoms with Gasteiger partial charge in [0.2, 0.25) is 5.88 Å². The van der Waals surface area contributed by atoms with E-state index in [0.29, 0.717) is 89.8 Å². The highest BCUT2D eigenvalue weighted by Gasteiger charge is 2.33. The van der Waals surface area contributed by atoms with Crippen LogP contribution in [-0.2, 0) is 19.7 Å². The summed E-state index contributed by atoms with van der Waals surface area (Å²) in [5, 5.41) is 0. The molecule has 1 amide bonds. The van der Waals surface area contributed by atoms with Crippen molar-refractivity contribution in [3.05, 3.63) is 12.4 Å². The Kier molecular flexibility index (Phi) is 8.53. The molecule has 0 unspecified atom stereocenters. The normalized spacial score (nSPS) is 21.4. The molecule has 202 valence electrons. The van der Waals surface area contributed by atoms with Crippen LogP contribution in [0.4, 0.5) is 10.6 Å². The van der Waals surface area contributed by atoms with Crippen LogP contribution in [0.25, 0.3) is 0 Å². The first-order valence-corrected chi connectivity index (χ1v) is 14.0. The minimum atomic E-state index is -3.46. The van der Waals surface area contributed by atoms with Crippen molar-refractivity contribution >= 4 is 22.1 Å². The Morgan fingerprint density at radius 1 is 0.972 bits per heavy atom. The fraction of sp³-hybridized carbons (Fsp3) is 0.783. The van der Waals surface area contributed by atoms with E-state index in [0.717, 1.165) is 12.8 Å². The number of rotatable bonds is 6. The van der Waals surface area contributed by atoms with Gasteiger partial charge in [0.25, 0.3) is 10.2 Å². The molecule has 0 N–H and O–H groups in total. The predicted molar refractivity (Wildman–Crippen MR) is 133 cm³/mol. The molecular formula is C23H38N6O6S. The first kappa shape index (κ1) is 26.8. The molecule has 0 aliphatic carbocycles. The first-order chi connectivity index (χ1) is 17.1. The lowest BCUT2D eigenvalue weighted by Crippen LogP contribution is -2.55. The smallest absolute Gasteiger partial charge is 0.410 e. The van der Waals surface area contributed by atoms with Gasteiger partial charge in [0, 0.05) is 52.4 Å². The van der Waals surface area contributed by atoms with Gasteiger partial charge in [-0.05, 0) is 39.5 Å². The fourth-order valence-corrected chi connectivity index (χ4v) is 6.01. The quantitative estimate of drug-likeness (QED) is 0.539. The summed E-state index contributed by atoms with van der Waals surface area (Å²) in [5.41, 5.74) is -0.490. The molecule has 36 heavy (non-hydrogen) atoms. The number of likely N-dealkylation sites (tertiary alicyclic amines) is 1. The van der Waals surface area contributed by atoms with Gasteiger partial charge in [-0.3, -0.25) is 0 Å². The van der Waals surface area contributed by atoms with E-state index in [4.69, 9.17) is 14.2 Å². The summed E-state index contributed by atoms with van der Waals surface area (Å²) in [5.74, 6) is 1.50. The minimum Gasteiger partial charge on any atom is -0.476 e. The molecule has 13 heteroatoms. The Hall–Kier alpha value is -2.22. The number of carbonyl (C=O) groups excluding carboxylic acids is 1. The van der Waals surface area contributed by atoms with E-state index in [1.54, 1.807) is 17.3 Å². The number of nitrogens with zero attached hydrogens (tertiary/aromatic N) is 6. The maximum Gasteiger partial charge on any atom is 0.410 e. The van der Waals surface area contributed by atoms with Crippen LogP contribution in [0.5, 0.6) is 5.88 Å². The van der Waals surface area contributed by atoms with Gasteiger partial charge < -0.3 is 24.0 Å². The van der Waals surface area contributed by atoms with Crippen molar-refractivity contribution in [2.75, 3.05) is 77.1 Å². The van der Waals surface area contributed by atoms with E-state index >= 15 is 0 Å². The van der Waals surface area contributed by atoms with Gasteiger partial charge >= 0.3 is 6.09 Å². The highest BCUT2D eigenvalue weighted by atomic mass is 32.2. The Balaban J connectivity index is 1.19. The molecule has 3 aliphatic rings. The van der Waals surface area contributed by atoms with E-state index in [1.807, 2.05) is 25.7 Å². The SMILES string of the molecule is CC(C)(C)OC(=O)N1CCC(COc2cnc(N3CCN(S(=O)(=O)N4CCOCC4)CC3)cn2)CC1. The van der Waals surface area contributed by atoms with Crippen LogP contribution in [0, 0.1) is 5.92 Å². The van der Waals surface area contributed by atoms with E-state index < -0.39 is 15.8 Å². The third-order valence-electron chi connectivity index (χ3n) is 6.53. The second-order valence-electron chi connectivity index (χ2n) is 10.3. The Morgan fingerprint density at radius 2 is 1.61 bits per heavy atom. The number of aromatic nitrogens is 2. The highest BCUT2D eigenvalue weighted by Crippen LogP contribution is 2.22. The Morgan fingerprint density at radius 3 is 2.19 bits per heavy atom. The average molecular weight is 527 g/mol. The van der Waals surface area contributed by atoms with Gasteiger partial charge in [-0.2, -0.15) is 17.0 Å². The number of morpholine rings is 1. The van der Waals surface area contributed by atoms with Crippen molar-refractivity contribution in [1.82, 2.24) is 23.5 Å². The zero-order valence-corrected chi connectivity index (χ0v) is 22.3. The van der Waals surface area contributed by atoms with Gasteiger partial charge in [-0.25, -0.2) is 14.8 Å². The molecule has 3 fully saturated rings. The van der Waals surface area contributed by atoms with Gasteiger partial charge in [0.1, 0.15) is 11.4 Å². The van der Waals surface area contributed by atoms with Crippen molar-refractivity contribution in [3.63, 3.8) is 0 Å². The van der Waals surface area contributed by atoms with Crippen LogP contribution in [-0.4, -0.2) is 116 Å². The maximum absolute atomic E-state index is 12.8. The fourth-order valence-electron chi connectivity index (χ4n) is 4.45. The number of hydrogen-bond acceptors (Lipinski definition) is 9. The first-order valence-electron chi connectivity index (χ1n) is 12.6. The lowest BCUT2D eigenvalue weighted by atomic mass is 9.98. The molecule has 0 spiro atoms. The van der Waals surface area contributed by atoms with Crippen LogP contribution < -0.4 is 9.64 Å². The van der Waals surface area contributed by atoms with Gasteiger partial charge in [-0.15, -0.1) is 0 Å². The summed E-state index contributed by atoms with van der Waals surface area (Å²) >= 11 is 0. The summed E-state index contributed by atoms with van der Waals surface area (Å²) in [6, 6.07) is 0. The molecule has 4 heterocycles. The number of piperazine rings is 1. The number of carbonyl (C=O) groups is 1. The summed E-state index contributed by atoms with van der Waals surface area (Å²) in [6.07, 6.45) is 4.72. The van der Waals surface area contributed by atoms with Crippen molar-refractivity contribution in [2.45, 2.75) is 39.2 Å². The van der Waals surface area contributed by atoms with Gasteiger partial charge in [0.05, 0.1) is 32.2 Å². The summed E-state index contributed by atoms with van der Waals surface area (Å²) in [4.78, 5) is 24.9. The van der Waals surface area contributed by atoms with Crippen LogP contribution in [0.3, 0.4) is 0 Å². The monoisotopic (exact) mass is 526 g/mol. The molecule has 0 atom stereocenters. The zero-order valence-electron chi connectivity index (χ0n) is 21.5. The molecule has 1 aromatic heterocycles. The minimum absolute atomic E-state index is 0.261. The van der Waals surface area contributed by atoms with Crippen LogP contribution in [0.2, 0.25) is 0 Å². The number of anilines is 1. The molecule has 0 radical (unpaired) electrons. The topological polar surface area (TPSA) is 118 Å². The number of amides is 1. The lowest BCUT2D eigenvalue weighted by molar-refractivity contribution is 0.0164. The predicted octanol–water partition coefficient (Wildman–Crippen LogP) is 1.20. The van der Waals surface area contributed by atoms with Gasteiger partial charge in [-0.1, -0.05) is 0 Å². The van der Waals surface area contributed by atoms with E-state index in [9.17, 15) is 13.2 Å². The summed E-state index contributed by atoms with van der Waals surface area (Å²) < 4.78 is 45.3.